The van der Waals surface area contributed by atoms with Gasteiger partial charge in [-0.25, -0.2) is 0 Å². The average molecular weight is 155 g/mol. The van der Waals surface area contributed by atoms with Gasteiger partial charge in [0.2, 0.25) is 0 Å². The summed E-state index contributed by atoms with van der Waals surface area (Å²) in [4.78, 5) is 0. The van der Waals surface area contributed by atoms with Crippen molar-refractivity contribution in [2.75, 3.05) is 6.54 Å². The van der Waals surface area contributed by atoms with Crippen LogP contribution >= 0.6 is 0 Å². The van der Waals surface area contributed by atoms with E-state index >= 15 is 0 Å². The zero-order chi connectivity index (χ0) is 8.27. The molecule has 0 radical (unpaired) electrons. The van der Waals surface area contributed by atoms with Gasteiger partial charge in [0.05, 0.1) is 0 Å². The third kappa shape index (κ3) is 1.76. The Morgan fingerprint density at radius 1 is 1.09 bits per heavy atom. The average Bonchev–Trinajstić information content (AvgIpc) is 2.45. The minimum atomic E-state index is 0.838. The fraction of sp³-hybridized carbons (Fsp3) is 1.00. The van der Waals surface area contributed by atoms with Crippen LogP contribution in [0.5, 0.6) is 0 Å². The first kappa shape index (κ1) is 9.05. The molecule has 1 fully saturated rings. The van der Waals surface area contributed by atoms with Gasteiger partial charge in [-0.3, -0.25) is 0 Å². The zero-order valence-corrected chi connectivity index (χ0v) is 7.84. The second-order valence-corrected chi connectivity index (χ2v) is 3.81. The van der Waals surface area contributed by atoms with Gasteiger partial charge in [-0.05, 0) is 37.1 Å². The van der Waals surface area contributed by atoms with E-state index in [0.717, 1.165) is 24.3 Å². The molecular weight excluding hydrogens is 134 g/mol. The molecule has 0 heterocycles. The Morgan fingerprint density at radius 2 is 1.73 bits per heavy atom. The van der Waals surface area contributed by atoms with Crippen LogP contribution in [0.4, 0.5) is 0 Å². The van der Waals surface area contributed by atoms with E-state index in [1.165, 1.54) is 25.7 Å². The third-order valence-corrected chi connectivity index (χ3v) is 3.42. The van der Waals surface area contributed by atoms with Crippen LogP contribution in [-0.2, 0) is 0 Å². The van der Waals surface area contributed by atoms with Gasteiger partial charge in [-0.15, -0.1) is 0 Å². The third-order valence-electron chi connectivity index (χ3n) is 3.42. The highest BCUT2D eigenvalue weighted by molar-refractivity contribution is 4.83. The van der Waals surface area contributed by atoms with Crippen LogP contribution in [0, 0.1) is 17.8 Å². The van der Waals surface area contributed by atoms with Gasteiger partial charge in [0.25, 0.3) is 0 Å². The first-order valence-corrected chi connectivity index (χ1v) is 5.03. The number of nitrogens with two attached hydrogens (primary N) is 1. The minimum absolute atomic E-state index is 0.838. The Balaban J connectivity index is 2.48. The molecule has 0 amide bonds. The highest BCUT2D eigenvalue weighted by Crippen LogP contribution is 2.40. The molecule has 0 bridgehead atoms. The minimum Gasteiger partial charge on any atom is -0.330 e. The summed E-state index contributed by atoms with van der Waals surface area (Å²) in [5.74, 6) is 2.75. The van der Waals surface area contributed by atoms with Crippen molar-refractivity contribution in [2.24, 2.45) is 23.5 Å². The van der Waals surface area contributed by atoms with Gasteiger partial charge in [-0.2, -0.15) is 0 Å². The van der Waals surface area contributed by atoms with Crippen molar-refractivity contribution in [2.45, 2.75) is 39.5 Å². The molecule has 1 saturated carbocycles. The molecule has 2 N–H and O–H groups in total. The molecule has 1 aliphatic rings. The molecule has 0 aromatic carbocycles. The fourth-order valence-electron chi connectivity index (χ4n) is 2.71. The number of rotatable bonds is 3. The molecule has 1 nitrogen and oxygen atoms in total. The zero-order valence-electron chi connectivity index (χ0n) is 7.84. The summed E-state index contributed by atoms with van der Waals surface area (Å²) in [7, 11) is 0. The molecule has 0 saturated heterocycles. The van der Waals surface area contributed by atoms with E-state index in [1.807, 2.05) is 0 Å². The van der Waals surface area contributed by atoms with Crippen molar-refractivity contribution in [3.05, 3.63) is 0 Å². The van der Waals surface area contributed by atoms with Gasteiger partial charge in [0, 0.05) is 0 Å². The van der Waals surface area contributed by atoms with Crippen molar-refractivity contribution in [3.63, 3.8) is 0 Å². The molecule has 3 atom stereocenters. The maximum Gasteiger partial charge on any atom is -0.00461 e. The standard InChI is InChI=1S/C10H21N/c1-3-8-5-6-9(7-11)10(8)4-2/h8-10H,3-7,11H2,1-2H3. The molecule has 66 valence electrons. The Kier molecular flexibility index (Phi) is 3.38. The van der Waals surface area contributed by atoms with E-state index < -0.39 is 0 Å². The van der Waals surface area contributed by atoms with E-state index in [0.29, 0.717) is 0 Å². The normalized spacial score (nSPS) is 37.9. The van der Waals surface area contributed by atoms with Gasteiger partial charge in [0.1, 0.15) is 0 Å². The van der Waals surface area contributed by atoms with Crippen molar-refractivity contribution in [1.29, 1.82) is 0 Å². The monoisotopic (exact) mass is 155 g/mol. The predicted octanol–water partition coefficient (Wildman–Crippen LogP) is 2.41. The van der Waals surface area contributed by atoms with Crippen LogP contribution in [0.25, 0.3) is 0 Å². The second kappa shape index (κ2) is 4.10. The SMILES string of the molecule is CCC1CCC(CN)C1CC. The van der Waals surface area contributed by atoms with Crippen LogP contribution in [-0.4, -0.2) is 6.54 Å². The summed E-state index contributed by atoms with van der Waals surface area (Å²) in [6.45, 7) is 5.53. The van der Waals surface area contributed by atoms with Crippen molar-refractivity contribution < 1.29 is 0 Å². The summed E-state index contributed by atoms with van der Waals surface area (Å²) in [5.41, 5.74) is 5.72. The second-order valence-electron chi connectivity index (χ2n) is 3.81. The molecular formula is C10H21N. The van der Waals surface area contributed by atoms with E-state index in [-0.39, 0.29) is 0 Å². The van der Waals surface area contributed by atoms with Crippen molar-refractivity contribution in [1.82, 2.24) is 0 Å². The van der Waals surface area contributed by atoms with Crippen LogP contribution in [0.3, 0.4) is 0 Å². The maximum absolute atomic E-state index is 5.72. The van der Waals surface area contributed by atoms with Gasteiger partial charge in [-0.1, -0.05) is 26.7 Å². The Bertz CT molecular complexity index is 99.4. The number of hydrogen-bond donors (Lipinski definition) is 1. The maximum atomic E-state index is 5.72. The van der Waals surface area contributed by atoms with Crippen LogP contribution < -0.4 is 5.73 Å². The first-order valence-electron chi connectivity index (χ1n) is 5.03. The van der Waals surface area contributed by atoms with Gasteiger partial charge >= 0.3 is 0 Å². The van der Waals surface area contributed by atoms with E-state index in [1.54, 1.807) is 0 Å². The van der Waals surface area contributed by atoms with Crippen molar-refractivity contribution in [3.8, 4) is 0 Å². The highest BCUT2D eigenvalue weighted by atomic mass is 14.6. The molecule has 1 rings (SSSR count). The van der Waals surface area contributed by atoms with Crippen LogP contribution in [0.1, 0.15) is 39.5 Å². The van der Waals surface area contributed by atoms with Crippen LogP contribution in [0.15, 0.2) is 0 Å². The van der Waals surface area contributed by atoms with Gasteiger partial charge < -0.3 is 5.73 Å². The molecule has 1 heteroatoms. The molecule has 1 aliphatic carbocycles. The van der Waals surface area contributed by atoms with E-state index in [9.17, 15) is 0 Å². The lowest BCUT2D eigenvalue weighted by Gasteiger charge is -2.21. The van der Waals surface area contributed by atoms with E-state index in [2.05, 4.69) is 13.8 Å². The molecule has 0 spiro atoms. The largest absolute Gasteiger partial charge is 0.330 e. The molecule has 0 aromatic rings. The smallest absolute Gasteiger partial charge is 0.00461 e. The Morgan fingerprint density at radius 3 is 2.18 bits per heavy atom. The van der Waals surface area contributed by atoms with Crippen LogP contribution in [0.2, 0.25) is 0 Å². The summed E-state index contributed by atoms with van der Waals surface area (Å²) < 4.78 is 0. The first-order chi connectivity index (χ1) is 5.33. The van der Waals surface area contributed by atoms with E-state index in [4.69, 9.17) is 5.73 Å². The molecule has 0 aliphatic heterocycles. The fourth-order valence-corrected chi connectivity index (χ4v) is 2.71. The molecule has 3 unspecified atom stereocenters. The Hall–Kier alpha value is -0.0400. The summed E-state index contributed by atoms with van der Waals surface area (Å²) in [6.07, 6.45) is 5.50. The summed E-state index contributed by atoms with van der Waals surface area (Å²) >= 11 is 0. The molecule has 11 heavy (non-hydrogen) atoms. The lowest BCUT2D eigenvalue weighted by atomic mass is 9.86. The van der Waals surface area contributed by atoms with Gasteiger partial charge in [0.15, 0.2) is 0 Å². The lowest BCUT2D eigenvalue weighted by Crippen LogP contribution is -2.21. The summed E-state index contributed by atoms with van der Waals surface area (Å²) in [6, 6.07) is 0. The molecule has 0 aromatic heterocycles. The Labute approximate surface area is 70.4 Å². The number of hydrogen-bond acceptors (Lipinski definition) is 1. The lowest BCUT2D eigenvalue weighted by molar-refractivity contribution is 0.299. The van der Waals surface area contributed by atoms with Crippen molar-refractivity contribution >= 4 is 0 Å². The highest BCUT2D eigenvalue weighted by Gasteiger charge is 2.32. The quantitative estimate of drug-likeness (QED) is 0.665. The summed E-state index contributed by atoms with van der Waals surface area (Å²) in [5, 5.41) is 0. The predicted molar refractivity (Wildman–Crippen MR) is 49.3 cm³/mol. The topological polar surface area (TPSA) is 26.0 Å².